The molecule has 19 heavy (non-hydrogen) atoms. The molecule has 0 bridgehead atoms. The first-order chi connectivity index (χ1) is 8.94. The molecule has 0 aliphatic rings. The van der Waals surface area contributed by atoms with Crippen molar-refractivity contribution in [3.05, 3.63) is 23.8 Å². The van der Waals surface area contributed by atoms with E-state index in [1.54, 1.807) is 12.1 Å². The van der Waals surface area contributed by atoms with Crippen molar-refractivity contribution in [1.29, 1.82) is 0 Å². The first-order valence-corrected chi connectivity index (χ1v) is 7.82. The van der Waals surface area contributed by atoms with Crippen molar-refractivity contribution in [2.75, 3.05) is 7.11 Å². The van der Waals surface area contributed by atoms with Gasteiger partial charge in [-0.15, -0.1) is 0 Å². The molecule has 0 saturated heterocycles. The van der Waals surface area contributed by atoms with Crippen LogP contribution in [0, 0.1) is 0 Å². The number of ether oxygens (including phenoxy) is 1. The Labute approximate surface area is 115 Å². The Bertz CT molecular complexity index is 515. The number of sulfonamides is 1. The molecule has 0 amide bonds. The smallest absolute Gasteiger partial charge is 0.244 e. The van der Waals surface area contributed by atoms with Gasteiger partial charge < -0.3 is 10.5 Å². The maximum Gasteiger partial charge on any atom is 0.244 e. The fourth-order valence-corrected chi connectivity index (χ4v) is 3.31. The molecule has 1 rings (SSSR count). The summed E-state index contributed by atoms with van der Waals surface area (Å²) in [6.07, 6.45) is 1.72. The Morgan fingerprint density at radius 2 is 2.11 bits per heavy atom. The van der Waals surface area contributed by atoms with E-state index in [1.807, 2.05) is 13.8 Å². The normalized spacial score (nSPS) is 13.3. The minimum Gasteiger partial charge on any atom is -0.495 e. The summed E-state index contributed by atoms with van der Waals surface area (Å²) in [5, 5.41) is 0. The molecule has 3 N–H and O–H groups in total. The average Bonchev–Trinajstić information content (AvgIpc) is 2.37. The zero-order valence-corrected chi connectivity index (χ0v) is 12.5. The van der Waals surface area contributed by atoms with Gasteiger partial charge in [0, 0.05) is 12.6 Å². The van der Waals surface area contributed by atoms with Crippen molar-refractivity contribution in [3.63, 3.8) is 0 Å². The predicted molar refractivity (Wildman–Crippen MR) is 75.6 cm³/mol. The van der Waals surface area contributed by atoms with Crippen molar-refractivity contribution < 1.29 is 13.2 Å². The summed E-state index contributed by atoms with van der Waals surface area (Å²) in [7, 11) is -2.12. The van der Waals surface area contributed by atoms with Gasteiger partial charge >= 0.3 is 0 Å². The highest BCUT2D eigenvalue weighted by molar-refractivity contribution is 7.89. The third kappa shape index (κ3) is 4.19. The highest BCUT2D eigenvalue weighted by Crippen LogP contribution is 2.25. The number of hydrogen-bond acceptors (Lipinski definition) is 4. The fraction of sp³-hybridized carbons (Fsp3) is 0.538. The third-order valence-electron chi connectivity index (χ3n) is 2.83. The summed E-state index contributed by atoms with van der Waals surface area (Å²) in [4.78, 5) is 0.148. The lowest BCUT2D eigenvalue weighted by Crippen LogP contribution is -2.32. The molecule has 0 spiro atoms. The average molecular weight is 286 g/mol. The lowest BCUT2D eigenvalue weighted by Gasteiger charge is -2.15. The number of benzene rings is 1. The summed E-state index contributed by atoms with van der Waals surface area (Å²) in [6, 6.07) is 4.77. The van der Waals surface area contributed by atoms with Gasteiger partial charge in [-0.25, -0.2) is 13.1 Å². The van der Waals surface area contributed by atoms with E-state index in [4.69, 9.17) is 10.5 Å². The number of rotatable bonds is 7. The topological polar surface area (TPSA) is 81.4 Å². The summed E-state index contributed by atoms with van der Waals surface area (Å²) < 4.78 is 32.3. The Hall–Kier alpha value is -1.11. The highest BCUT2D eigenvalue weighted by Gasteiger charge is 2.21. The van der Waals surface area contributed by atoms with E-state index >= 15 is 0 Å². The maximum absolute atomic E-state index is 12.3. The number of methoxy groups -OCH3 is 1. The van der Waals surface area contributed by atoms with Crippen LogP contribution in [-0.4, -0.2) is 21.6 Å². The lowest BCUT2D eigenvalue weighted by molar-refractivity contribution is 0.401. The fourth-order valence-electron chi connectivity index (χ4n) is 1.88. The Morgan fingerprint density at radius 3 is 2.63 bits per heavy atom. The van der Waals surface area contributed by atoms with Crippen LogP contribution in [0.3, 0.4) is 0 Å². The molecule has 5 nitrogen and oxygen atoms in total. The van der Waals surface area contributed by atoms with Crippen LogP contribution in [0.5, 0.6) is 5.75 Å². The second-order valence-corrected chi connectivity index (χ2v) is 6.18. The van der Waals surface area contributed by atoms with Crippen LogP contribution < -0.4 is 15.2 Å². The number of hydrogen-bond donors (Lipinski definition) is 2. The molecule has 0 fully saturated rings. The first kappa shape index (κ1) is 15.9. The molecule has 6 heteroatoms. The van der Waals surface area contributed by atoms with Crippen LogP contribution >= 0.6 is 0 Å². The summed E-state index contributed by atoms with van der Waals surface area (Å²) in [5.41, 5.74) is 6.36. The minimum absolute atomic E-state index is 0.103. The molecule has 0 aliphatic carbocycles. The molecular formula is C13H22N2O3S. The van der Waals surface area contributed by atoms with Crippen molar-refractivity contribution in [1.82, 2.24) is 4.72 Å². The highest BCUT2D eigenvalue weighted by atomic mass is 32.2. The van der Waals surface area contributed by atoms with Crippen LogP contribution in [0.2, 0.25) is 0 Å². The quantitative estimate of drug-likeness (QED) is 0.798. The van der Waals surface area contributed by atoms with E-state index in [0.29, 0.717) is 12.3 Å². The molecule has 1 unspecified atom stereocenters. The van der Waals surface area contributed by atoms with Gasteiger partial charge in [0.15, 0.2) is 0 Å². The Balaban J connectivity index is 3.07. The molecule has 0 radical (unpaired) electrons. The van der Waals surface area contributed by atoms with Crippen molar-refractivity contribution in [2.45, 2.75) is 44.2 Å². The minimum atomic E-state index is -3.57. The zero-order valence-electron chi connectivity index (χ0n) is 11.6. The molecular weight excluding hydrogens is 264 g/mol. The SMILES string of the molecule is CCCC(C)NS(=O)(=O)c1ccc(CN)cc1OC. The van der Waals surface area contributed by atoms with Gasteiger partial charge in [0.2, 0.25) is 10.0 Å². The predicted octanol–water partition coefficient (Wildman–Crippen LogP) is 1.62. The van der Waals surface area contributed by atoms with E-state index in [9.17, 15) is 8.42 Å². The maximum atomic E-state index is 12.3. The van der Waals surface area contributed by atoms with Crippen LogP contribution in [0.1, 0.15) is 32.3 Å². The molecule has 0 saturated carbocycles. The van der Waals surface area contributed by atoms with Gasteiger partial charge in [-0.3, -0.25) is 0 Å². The standard InChI is InChI=1S/C13H22N2O3S/c1-4-5-10(2)15-19(16,17)13-7-6-11(9-14)8-12(13)18-3/h6-8,10,15H,4-5,9,14H2,1-3H3. The largest absolute Gasteiger partial charge is 0.495 e. The van der Waals surface area contributed by atoms with Crippen molar-refractivity contribution in [2.24, 2.45) is 5.73 Å². The third-order valence-corrected chi connectivity index (χ3v) is 4.46. The second-order valence-electron chi connectivity index (χ2n) is 4.50. The molecule has 1 atom stereocenters. The first-order valence-electron chi connectivity index (χ1n) is 6.34. The van der Waals surface area contributed by atoms with E-state index in [0.717, 1.165) is 18.4 Å². The second kappa shape index (κ2) is 6.88. The van der Waals surface area contributed by atoms with Crippen LogP contribution in [-0.2, 0) is 16.6 Å². The van der Waals surface area contributed by atoms with Gasteiger partial charge in [-0.05, 0) is 31.0 Å². The zero-order chi connectivity index (χ0) is 14.5. The molecule has 0 aliphatic heterocycles. The van der Waals surface area contributed by atoms with Gasteiger partial charge in [0.05, 0.1) is 7.11 Å². The van der Waals surface area contributed by atoms with E-state index in [1.165, 1.54) is 13.2 Å². The van der Waals surface area contributed by atoms with E-state index in [-0.39, 0.29) is 10.9 Å². The molecule has 108 valence electrons. The monoisotopic (exact) mass is 286 g/mol. The number of nitrogens with two attached hydrogens (primary N) is 1. The number of nitrogens with one attached hydrogen (secondary N) is 1. The van der Waals surface area contributed by atoms with Gasteiger partial charge in [0.1, 0.15) is 10.6 Å². The van der Waals surface area contributed by atoms with Crippen molar-refractivity contribution >= 4 is 10.0 Å². The molecule has 0 aromatic heterocycles. The van der Waals surface area contributed by atoms with Gasteiger partial charge in [-0.2, -0.15) is 0 Å². The molecule has 0 heterocycles. The van der Waals surface area contributed by atoms with Crippen LogP contribution in [0.25, 0.3) is 0 Å². The van der Waals surface area contributed by atoms with E-state index < -0.39 is 10.0 Å². The van der Waals surface area contributed by atoms with Gasteiger partial charge in [-0.1, -0.05) is 19.4 Å². The van der Waals surface area contributed by atoms with E-state index in [2.05, 4.69) is 4.72 Å². The van der Waals surface area contributed by atoms with Gasteiger partial charge in [0.25, 0.3) is 0 Å². The lowest BCUT2D eigenvalue weighted by atomic mass is 10.2. The Kier molecular flexibility index (Phi) is 5.78. The summed E-state index contributed by atoms with van der Waals surface area (Å²) >= 11 is 0. The van der Waals surface area contributed by atoms with Crippen molar-refractivity contribution in [3.8, 4) is 5.75 Å². The Morgan fingerprint density at radius 1 is 1.42 bits per heavy atom. The summed E-state index contributed by atoms with van der Waals surface area (Å²) in [6.45, 7) is 4.21. The van der Waals surface area contributed by atoms with Crippen LogP contribution in [0.4, 0.5) is 0 Å². The molecule has 1 aromatic rings. The summed E-state index contributed by atoms with van der Waals surface area (Å²) in [5.74, 6) is 0.319. The molecule has 1 aromatic carbocycles. The van der Waals surface area contributed by atoms with Crippen LogP contribution in [0.15, 0.2) is 23.1 Å².